The largest absolute Gasteiger partial charge is 0.457 e. The van der Waals surface area contributed by atoms with E-state index >= 15 is 0 Å². The highest BCUT2D eigenvalue weighted by Gasteiger charge is 2.80. The van der Waals surface area contributed by atoms with Crippen LogP contribution in [0.2, 0.25) is 0 Å². The van der Waals surface area contributed by atoms with Crippen molar-refractivity contribution >= 4 is 17.7 Å². The molecule has 3 fully saturated rings. The van der Waals surface area contributed by atoms with E-state index in [1.54, 1.807) is 13.8 Å². The smallest absolute Gasteiger partial charge is 0.309 e. The van der Waals surface area contributed by atoms with Gasteiger partial charge in [0.15, 0.2) is 5.78 Å². The summed E-state index contributed by atoms with van der Waals surface area (Å²) in [6.45, 7) is 10.9. The Kier molecular flexibility index (Phi) is 4.59. The lowest BCUT2D eigenvalue weighted by Gasteiger charge is -2.48. The van der Waals surface area contributed by atoms with Gasteiger partial charge in [-0.05, 0) is 68.7 Å². The third-order valence-electron chi connectivity index (χ3n) is 12.2. The standard InChI is InChI=1S/C30H38O8/c1-11-13-7-9-27(3,35)15-17(21(13)37-25(11)33)30(6)23-20(31)16-18(29(23,5)19(15)24(30)32)22-14(8-10-28(16,4)36)12(2)26(34)38-22/h11-14,19-23,31,35-36H,7-10H2,1-6H3/t11-,12-,13-,14-,19-,20+,21-,22-,23-,27-,28-,29-,30-/m0/s1. The molecule has 2 aliphatic heterocycles. The first-order valence-corrected chi connectivity index (χ1v) is 14.2. The lowest BCUT2D eigenvalue weighted by Crippen LogP contribution is -2.49. The van der Waals surface area contributed by atoms with Crippen LogP contribution in [-0.2, 0) is 23.9 Å². The number of carbonyl (C=O) groups is 3. The molecule has 8 nitrogen and oxygen atoms in total. The Morgan fingerprint density at radius 3 is 1.74 bits per heavy atom. The number of Topliss-reactive ketones (excluding diaryl/α,β-unsaturated/α-hetero) is 1. The van der Waals surface area contributed by atoms with Gasteiger partial charge in [0.2, 0.25) is 0 Å². The highest BCUT2D eigenvalue weighted by Crippen LogP contribution is 2.77. The molecule has 3 N–H and O–H groups in total. The number of ketones is 1. The van der Waals surface area contributed by atoms with E-state index in [2.05, 4.69) is 0 Å². The SMILES string of the molecule is C[C@@H]1C(=O)O[C@@H]2C3=C([C@H]4C(=O)[C@]3(C)[C@H]3[C@H](O)C5=C([C@H]6OC(=O)[C@@H](C)[C@@H]6CC[C@]5(C)O)[C@@]43C)[C@@](C)(O)CC[C@@H]12. The van der Waals surface area contributed by atoms with Crippen LogP contribution in [0.25, 0.3) is 0 Å². The summed E-state index contributed by atoms with van der Waals surface area (Å²) >= 11 is 0. The van der Waals surface area contributed by atoms with Crippen LogP contribution >= 0.6 is 0 Å². The summed E-state index contributed by atoms with van der Waals surface area (Å²) in [4.78, 5) is 40.0. The van der Waals surface area contributed by atoms with E-state index < -0.39 is 52.2 Å². The van der Waals surface area contributed by atoms with Crippen LogP contribution in [0.1, 0.15) is 67.2 Å². The van der Waals surface area contributed by atoms with Crippen molar-refractivity contribution in [2.75, 3.05) is 0 Å². The molecule has 0 amide bonds. The lowest BCUT2D eigenvalue weighted by atomic mass is 9.56. The number of hydrogen-bond donors (Lipinski definition) is 3. The first-order valence-electron chi connectivity index (χ1n) is 14.2. The van der Waals surface area contributed by atoms with Crippen LogP contribution in [0, 0.1) is 46.3 Å². The van der Waals surface area contributed by atoms with Crippen molar-refractivity contribution < 1.29 is 39.2 Å². The van der Waals surface area contributed by atoms with Crippen molar-refractivity contribution in [3.05, 3.63) is 22.3 Å². The van der Waals surface area contributed by atoms with Crippen LogP contribution < -0.4 is 0 Å². The van der Waals surface area contributed by atoms with Gasteiger partial charge in [-0.25, -0.2) is 0 Å². The number of aliphatic hydroxyl groups is 3. The number of carbonyl (C=O) groups excluding carboxylic acids is 3. The average molecular weight is 527 g/mol. The molecule has 0 spiro atoms. The highest BCUT2D eigenvalue weighted by atomic mass is 16.6. The summed E-state index contributed by atoms with van der Waals surface area (Å²) in [5.74, 6) is -3.14. The third-order valence-corrected chi connectivity index (χ3v) is 12.2. The molecule has 2 heterocycles. The summed E-state index contributed by atoms with van der Waals surface area (Å²) in [6, 6.07) is 0. The van der Waals surface area contributed by atoms with Crippen LogP contribution in [-0.4, -0.2) is 62.6 Å². The average Bonchev–Trinajstić information content (AvgIpc) is 3.42. The molecule has 0 aromatic carbocycles. The normalized spacial score (nSPS) is 56.7. The molecular formula is C30H38O8. The van der Waals surface area contributed by atoms with Crippen molar-refractivity contribution in [1.29, 1.82) is 0 Å². The summed E-state index contributed by atoms with van der Waals surface area (Å²) in [7, 11) is 0. The minimum Gasteiger partial charge on any atom is -0.457 e. The Balaban J connectivity index is 1.49. The van der Waals surface area contributed by atoms with Gasteiger partial charge in [0.25, 0.3) is 0 Å². The van der Waals surface area contributed by atoms with Crippen LogP contribution in [0.15, 0.2) is 22.3 Å². The summed E-state index contributed by atoms with van der Waals surface area (Å²) < 4.78 is 11.9. The van der Waals surface area contributed by atoms with Crippen LogP contribution in [0.4, 0.5) is 0 Å². The zero-order chi connectivity index (χ0) is 27.5. The Bertz CT molecular complexity index is 1270. The van der Waals surface area contributed by atoms with Crippen molar-refractivity contribution in [1.82, 2.24) is 0 Å². The van der Waals surface area contributed by atoms with E-state index in [-0.39, 0.29) is 41.4 Å². The van der Waals surface area contributed by atoms with Crippen molar-refractivity contribution in [3.8, 4) is 0 Å². The Hall–Kier alpha value is -2.03. The van der Waals surface area contributed by atoms with Crippen molar-refractivity contribution in [3.63, 3.8) is 0 Å². The quantitative estimate of drug-likeness (QED) is 0.324. The van der Waals surface area contributed by atoms with Crippen molar-refractivity contribution in [2.24, 2.45) is 46.3 Å². The summed E-state index contributed by atoms with van der Waals surface area (Å²) in [5, 5.41) is 35.8. The number of aliphatic hydroxyl groups excluding tert-OH is 1. The van der Waals surface area contributed by atoms with E-state index in [4.69, 9.17) is 9.47 Å². The molecule has 7 aliphatic rings. The molecule has 7 rings (SSSR count). The van der Waals surface area contributed by atoms with Gasteiger partial charge in [0, 0.05) is 23.2 Å². The molecule has 2 bridgehead atoms. The van der Waals surface area contributed by atoms with Gasteiger partial charge in [-0.3, -0.25) is 14.4 Å². The number of hydrogen-bond acceptors (Lipinski definition) is 8. The predicted octanol–water partition coefficient (Wildman–Crippen LogP) is 2.24. The molecule has 2 saturated heterocycles. The first-order chi connectivity index (χ1) is 17.6. The summed E-state index contributed by atoms with van der Waals surface area (Å²) in [6.07, 6.45) is -0.515. The molecule has 5 aliphatic carbocycles. The Labute approximate surface area is 222 Å². The zero-order valence-corrected chi connectivity index (χ0v) is 22.9. The van der Waals surface area contributed by atoms with Gasteiger partial charge >= 0.3 is 11.9 Å². The van der Waals surface area contributed by atoms with Gasteiger partial charge in [-0.2, -0.15) is 0 Å². The molecular weight excluding hydrogens is 488 g/mol. The molecule has 13 atom stereocenters. The fraction of sp³-hybridized carbons (Fsp3) is 0.767. The molecule has 38 heavy (non-hydrogen) atoms. The second-order valence-corrected chi connectivity index (χ2v) is 14.1. The van der Waals surface area contributed by atoms with Gasteiger partial charge in [0.05, 0.1) is 40.5 Å². The van der Waals surface area contributed by atoms with Crippen LogP contribution in [0.3, 0.4) is 0 Å². The number of ether oxygens (including phenoxy) is 2. The van der Waals surface area contributed by atoms with E-state index in [0.29, 0.717) is 48.0 Å². The molecule has 0 aromatic rings. The fourth-order valence-electron chi connectivity index (χ4n) is 10.4. The fourth-order valence-corrected chi connectivity index (χ4v) is 10.4. The van der Waals surface area contributed by atoms with E-state index in [1.807, 2.05) is 27.7 Å². The molecule has 0 aromatic heterocycles. The minimum atomic E-state index is -1.34. The maximum absolute atomic E-state index is 14.5. The third kappa shape index (κ3) is 2.48. The first kappa shape index (κ1) is 25.0. The predicted molar refractivity (Wildman–Crippen MR) is 133 cm³/mol. The van der Waals surface area contributed by atoms with Gasteiger partial charge in [-0.1, -0.05) is 20.8 Å². The highest BCUT2D eigenvalue weighted by molar-refractivity contribution is 6.02. The second kappa shape index (κ2) is 6.99. The van der Waals surface area contributed by atoms with Gasteiger partial charge < -0.3 is 24.8 Å². The van der Waals surface area contributed by atoms with Crippen LogP contribution in [0.5, 0.6) is 0 Å². The van der Waals surface area contributed by atoms with Gasteiger partial charge in [-0.15, -0.1) is 0 Å². The Morgan fingerprint density at radius 2 is 1.21 bits per heavy atom. The van der Waals surface area contributed by atoms with E-state index in [9.17, 15) is 29.7 Å². The number of esters is 2. The minimum absolute atomic E-state index is 0.0880. The molecule has 8 heteroatoms. The number of rotatable bonds is 0. The second-order valence-electron chi connectivity index (χ2n) is 14.1. The zero-order valence-electron chi connectivity index (χ0n) is 22.9. The Morgan fingerprint density at radius 1 is 0.737 bits per heavy atom. The van der Waals surface area contributed by atoms with Crippen molar-refractivity contribution in [2.45, 2.75) is 96.7 Å². The molecule has 1 saturated carbocycles. The lowest BCUT2D eigenvalue weighted by molar-refractivity contribution is -0.144. The van der Waals surface area contributed by atoms with E-state index in [1.165, 1.54) is 0 Å². The maximum atomic E-state index is 14.5. The maximum Gasteiger partial charge on any atom is 0.309 e. The molecule has 0 unspecified atom stereocenters. The molecule has 0 radical (unpaired) electrons. The monoisotopic (exact) mass is 526 g/mol. The summed E-state index contributed by atoms with van der Waals surface area (Å²) in [5.41, 5.74) is -2.43. The van der Waals surface area contributed by atoms with E-state index in [0.717, 1.165) is 0 Å². The van der Waals surface area contributed by atoms with Gasteiger partial charge in [0.1, 0.15) is 12.2 Å². The molecule has 206 valence electrons. The number of fused-ring (bicyclic) bond motifs is 12. The topological polar surface area (TPSA) is 130 Å².